The van der Waals surface area contributed by atoms with Crippen LogP contribution in [0.2, 0.25) is 0 Å². The summed E-state index contributed by atoms with van der Waals surface area (Å²) in [5.41, 5.74) is 3.72. The zero-order valence-electron chi connectivity index (χ0n) is 14.4. The van der Waals surface area contributed by atoms with Gasteiger partial charge in [-0.15, -0.1) is 0 Å². The Hall–Kier alpha value is -2.66. The lowest BCUT2D eigenvalue weighted by Gasteiger charge is -2.25. The van der Waals surface area contributed by atoms with Crippen molar-refractivity contribution in [1.82, 2.24) is 14.7 Å². The fourth-order valence-corrected chi connectivity index (χ4v) is 3.09. The number of hydrogen-bond acceptors (Lipinski definition) is 3. The van der Waals surface area contributed by atoms with Crippen LogP contribution >= 0.6 is 0 Å². The number of carbonyl (C=O) groups is 1. The third-order valence-electron chi connectivity index (χ3n) is 4.37. The molecule has 5 nitrogen and oxygen atoms in total. The smallest absolute Gasteiger partial charge is 0.332 e. The van der Waals surface area contributed by atoms with Crippen molar-refractivity contribution < 1.29 is 9.90 Å². The van der Waals surface area contributed by atoms with Crippen molar-refractivity contribution in [2.75, 3.05) is 19.6 Å². The van der Waals surface area contributed by atoms with Crippen molar-refractivity contribution in [1.29, 1.82) is 0 Å². The average Bonchev–Trinajstić information content (AvgIpc) is 3.06. The third kappa shape index (κ3) is 4.45. The first-order valence-corrected chi connectivity index (χ1v) is 8.54. The van der Waals surface area contributed by atoms with Crippen LogP contribution in [0, 0.1) is 0 Å². The second kappa shape index (κ2) is 7.94. The highest BCUT2D eigenvalue weighted by Crippen LogP contribution is 2.22. The number of benzene rings is 1. The molecule has 0 fully saturated rings. The molecule has 1 aliphatic heterocycles. The van der Waals surface area contributed by atoms with Crippen LogP contribution in [0.3, 0.4) is 0 Å². The molecule has 3 rings (SSSR count). The van der Waals surface area contributed by atoms with Crippen LogP contribution in [-0.4, -0.2) is 45.4 Å². The van der Waals surface area contributed by atoms with Gasteiger partial charge in [0.2, 0.25) is 0 Å². The van der Waals surface area contributed by atoms with Crippen LogP contribution in [0.5, 0.6) is 0 Å². The molecule has 1 aliphatic rings. The molecule has 1 N–H and O–H groups in total. The SMILES string of the molecule is Cn1ccc(C(=CCCN2CCC=C(C(=O)O)C2)c2ccccc2)n1. The van der Waals surface area contributed by atoms with Crippen molar-refractivity contribution in [3.63, 3.8) is 0 Å². The van der Waals surface area contributed by atoms with Crippen LogP contribution in [0.15, 0.2) is 60.3 Å². The highest BCUT2D eigenvalue weighted by atomic mass is 16.4. The van der Waals surface area contributed by atoms with Gasteiger partial charge in [0, 0.05) is 44.0 Å². The summed E-state index contributed by atoms with van der Waals surface area (Å²) in [4.78, 5) is 13.3. The van der Waals surface area contributed by atoms with Gasteiger partial charge in [-0.25, -0.2) is 4.79 Å². The maximum absolute atomic E-state index is 11.1. The first kappa shape index (κ1) is 17.2. The number of aromatic nitrogens is 2. The molecule has 1 aromatic heterocycles. The van der Waals surface area contributed by atoms with Gasteiger partial charge in [0.05, 0.1) is 5.69 Å². The maximum Gasteiger partial charge on any atom is 0.332 e. The van der Waals surface area contributed by atoms with Crippen molar-refractivity contribution in [2.45, 2.75) is 12.8 Å². The highest BCUT2D eigenvalue weighted by molar-refractivity contribution is 5.87. The van der Waals surface area contributed by atoms with E-state index in [1.807, 2.05) is 43.6 Å². The average molecular weight is 337 g/mol. The normalized spacial score (nSPS) is 15.9. The van der Waals surface area contributed by atoms with E-state index in [0.717, 1.165) is 42.8 Å². The molecule has 0 saturated heterocycles. The molecule has 1 aromatic carbocycles. The van der Waals surface area contributed by atoms with Gasteiger partial charge in [-0.3, -0.25) is 9.58 Å². The molecule has 0 unspecified atom stereocenters. The minimum Gasteiger partial charge on any atom is -0.478 e. The minimum absolute atomic E-state index is 0.503. The van der Waals surface area contributed by atoms with Gasteiger partial charge in [-0.1, -0.05) is 42.5 Å². The van der Waals surface area contributed by atoms with E-state index in [1.165, 1.54) is 0 Å². The van der Waals surface area contributed by atoms with Gasteiger partial charge in [0.15, 0.2) is 0 Å². The topological polar surface area (TPSA) is 58.4 Å². The summed E-state index contributed by atoms with van der Waals surface area (Å²) in [5.74, 6) is -0.807. The predicted molar refractivity (Wildman–Crippen MR) is 98.1 cm³/mol. The fourth-order valence-electron chi connectivity index (χ4n) is 3.09. The van der Waals surface area contributed by atoms with Gasteiger partial charge in [0.25, 0.3) is 0 Å². The summed E-state index contributed by atoms with van der Waals surface area (Å²) in [6, 6.07) is 12.3. The lowest BCUT2D eigenvalue weighted by Crippen LogP contribution is -2.32. The lowest BCUT2D eigenvalue weighted by molar-refractivity contribution is -0.133. The number of carboxylic acids is 1. The Morgan fingerprint density at radius 1 is 1.28 bits per heavy atom. The maximum atomic E-state index is 11.1. The molecule has 0 radical (unpaired) electrons. The Morgan fingerprint density at radius 2 is 2.08 bits per heavy atom. The van der Waals surface area contributed by atoms with Gasteiger partial charge >= 0.3 is 5.97 Å². The van der Waals surface area contributed by atoms with Crippen molar-refractivity contribution in [2.24, 2.45) is 7.05 Å². The number of rotatable bonds is 6. The molecule has 0 bridgehead atoms. The van der Waals surface area contributed by atoms with Gasteiger partial charge < -0.3 is 5.11 Å². The zero-order valence-corrected chi connectivity index (χ0v) is 14.4. The molecule has 0 spiro atoms. The molecule has 25 heavy (non-hydrogen) atoms. The Morgan fingerprint density at radius 3 is 2.76 bits per heavy atom. The van der Waals surface area contributed by atoms with E-state index in [1.54, 1.807) is 4.68 Å². The first-order chi connectivity index (χ1) is 12.1. The quantitative estimate of drug-likeness (QED) is 0.880. The molecular weight excluding hydrogens is 314 g/mol. The number of aryl methyl sites for hydroxylation is 1. The van der Waals surface area contributed by atoms with E-state index < -0.39 is 5.97 Å². The molecule has 0 saturated carbocycles. The molecule has 0 aliphatic carbocycles. The van der Waals surface area contributed by atoms with Crippen molar-refractivity contribution in [3.05, 3.63) is 71.6 Å². The molecule has 130 valence electrons. The van der Waals surface area contributed by atoms with Crippen LogP contribution in [-0.2, 0) is 11.8 Å². The van der Waals surface area contributed by atoms with Crippen LogP contribution in [0.25, 0.3) is 5.57 Å². The Bertz CT molecular complexity index is 790. The van der Waals surface area contributed by atoms with E-state index in [0.29, 0.717) is 12.1 Å². The Balaban J connectivity index is 1.72. The molecule has 2 aromatic rings. The van der Waals surface area contributed by atoms with E-state index >= 15 is 0 Å². The highest BCUT2D eigenvalue weighted by Gasteiger charge is 2.16. The summed E-state index contributed by atoms with van der Waals surface area (Å²) < 4.78 is 1.81. The second-order valence-electron chi connectivity index (χ2n) is 6.25. The monoisotopic (exact) mass is 337 g/mol. The fraction of sp³-hybridized carbons (Fsp3) is 0.300. The number of carboxylic acid groups (broad SMARTS) is 1. The molecule has 0 amide bonds. The summed E-state index contributed by atoms with van der Waals surface area (Å²) in [6.45, 7) is 2.27. The van der Waals surface area contributed by atoms with Gasteiger partial charge in [0.1, 0.15) is 0 Å². The standard InChI is InChI=1S/C20H23N3O2/c1-22-14-11-19(21-22)18(16-7-3-2-4-8-16)10-6-13-23-12-5-9-17(15-23)20(24)25/h2-4,7-11,14H,5-6,12-13,15H2,1H3,(H,24,25). The van der Waals surface area contributed by atoms with Crippen molar-refractivity contribution >= 4 is 11.5 Å². The first-order valence-electron chi connectivity index (χ1n) is 8.54. The molecule has 0 atom stereocenters. The Labute approximate surface area is 147 Å². The van der Waals surface area contributed by atoms with E-state index in [4.69, 9.17) is 5.11 Å². The van der Waals surface area contributed by atoms with Gasteiger partial charge in [-0.2, -0.15) is 5.10 Å². The number of aliphatic carboxylic acids is 1. The molecular formula is C20H23N3O2. The summed E-state index contributed by atoms with van der Waals surface area (Å²) in [5, 5.41) is 13.7. The zero-order chi connectivity index (χ0) is 17.6. The third-order valence-corrected chi connectivity index (χ3v) is 4.37. The summed E-state index contributed by atoms with van der Waals surface area (Å²) in [7, 11) is 1.92. The van der Waals surface area contributed by atoms with Crippen LogP contribution in [0.1, 0.15) is 24.1 Å². The van der Waals surface area contributed by atoms with E-state index in [9.17, 15) is 4.79 Å². The van der Waals surface area contributed by atoms with E-state index in [-0.39, 0.29) is 0 Å². The largest absolute Gasteiger partial charge is 0.478 e. The number of nitrogens with zero attached hydrogens (tertiary/aromatic N) is 3. The van der Waals surface area contributed by atoms with Gasteiger partial charge in [-0.05, 0) is 24.5 Å². The van der Waals surface area contributed by atoms with Crippen LogP contribution < -0.4 is 0 Å². The second-order valence-corrected chi connectivity index (χ2v) is 6.25. The minimum atomic E-state index is -0.807. The van der Waals surface area contributed by atoms with Crippen molar-refractivity contribution in [3.8, 4) is 0 Å². The molecule has 5 heteroatoms. The summed E-state index contributed by atoms with van der Waals surface area (Å²) >= 11 is 0. The molecule has 2 heterocycles. The lowest BCUT2D eigenvalue weighted by atomic mass is 10.0. The Kier molecular flexibility index (Phi) is 5.46. The number of hydrogen-bond donors (Lipinski definition) is 1. The predicted octanol–water partition coefficient (Wildman–Crippen LogP) is 2.96. The van der Waals surface area contributed by atoms with E-state index in [2.05, 4.69) is 28.2 Å². The van der Waals surface area contributed by atoms with Crippen LogP contribution in [0.4, 0.5) is 0 Å². The summed E-state index contributed by atoms with van der Waals surface area (Å²) in [6.07, 6.45) is 7.64.